The molecule has 0 unspecified atom stereocenters. The third kappa shape index (κ3) is 2.98. The number of nitrogens with one attached hydrogen (secondary N) is 2. The number of carbonyl (C=O) groups is 2. The summed E-state index contributed by atoms with van der Waals surface area (Å²) in [7, 11) is 0. The molecule has 1 aliphatic rings. The molecular formula is C19H23N3O2. The van der Waals surface area contributed by atoms with Crippen LogP contribution in [0.2, 0.25) is 0 Å². The first-order valence-electron chi connectivity index (χ1n) is 8.21. The molecule has 0 saturated carbocycles. The molecule has 2 heterocycles. The number of nitrogens with zero attached hydrogens (tertiary/aromatic N) is 1. The van der Waals surface area contributed by atoms with Crippen molar-refractivity contribution >= 4 is 11.7 Å². The lowest BCUT2D eigenvalue weighted by atomic mass is 9.75. The summed E-state index contributed by atoms with van der Waals surface area (Å²) in [4.78, 5) is 32.2. The van der Waals surface area contributed by atoms with E-state index >= 15 is 0 Å². The number of fused-ring (bicyclic) bond motifs is 1. The summed E-state index contributed by atoms with van der Waals surface area (Å²) >= 11 is 0. The lowest BCUT2D eigenvalue weighted by Crippen LogP contribution is -2.26. The molecule has 0 fully saturated rings. The third-order valence-electron chi connectivity index (χ3n) is 4.70. The van der Waals surface area contributed by atoms with Crippen molar-refractivity contribution in [3.05, 3.63) is 52.1 Å². The van der Waals surface area contributed by atoms with Gasteiger partial charge in [-0.05, 0) is 48.4 Å². The minimum absolute atomic E-state index is 0.0662. The van der Waals surface area contributed by atoms with Gasteiger partial charge in [0.2, 0.25) is 0 Å². The molecule has 24 heavy (non-hydrogen) atoms. The smallest absolute Gasteiger partial charge is 0.268 e. The fourth-order valence-electron chi connectivity index (χ4n) is 3.42. The number of ketones is 1. The highest BCUT2D eigenvalue weighted by Crippen LogP contribution is 2.36. The second-order valence-corrected chi connectivity index (χ2v) is 7.40. The van der Waals surface area contributed by atoms with Gasteiger partial charge in [-0.15, -0.1) is 0 Å². The molecule has 0 spiro atoms. The number of amides is 1. The number of aryl methyl sites for hydroxylation is 1. The molecule has 126 valence electrons. The zero-order valence-corrected chi connectivity index (χ0v) is 14.6. The molecule has 0 saturated heterocycles. The zero-order valence-electron chi connectivity index (χ0n) is 14.6. The highest BCUT2D eigenvalue weighted by atomic mass is 16.2. The van der Waals surface area contributed by atoms with Crippen LogP contribution in [0.5, 0.6) is 0 Å². The Morgan fingerprint density at radius 2 is 2.08 bits per heavy atom. The van der Waals surface area contributed by atoms with Gasteiger partial charge in [0.05, 0.1) is 0 Å². The van der Waals surface area contributed by atoms with Crippen LogP contribution in [0.25, 0.3) is 0 Å². The van der Waals surface area contributed by atoms with Crippen LogP contribution in [-0.4, -0.2) is 21.7 Å². The number of carbonyl (C=O) groups excluding carboxylic acids is 2. The minimum atomic E-state index is -0.177. The van der Waals surface area contributed by atoms with E-state index in [9.17, 15) is 9.59 Å². The van der Waals surface area contributed by atoms with E-state index in [1.54, 1.807) is 12.4 Å². The molecule has 0 radical (unpaired) electrons. The van der Waals surface area contributed by atoms with Gasteiger partial charge in [-0.25, -0.2) is 0 Å². The number of pyridine rings is 1. The van der Waals surface area contributed by atoms with Crippen LogP contribution in [0.1, 0.15) is 63.5 Å². The van der Waals surface area contributed by atoms with Crippen molar-refractivity contribution in [2.75, 3.05) is 0 Å². The van der Waals surface area contributed by atoms with Crippen LogP contribution >= 0.6 is 0 Å². The highest BCUT2D eigenvalue weighted by Gasteiger charge is 2.35. The van der Waals surface area contributed by atoms with Gasteiger partial charge in [-0.2, -0.15) is 0 Å². The Kier molecular flexibility index (Phi) is 4.03. The average molecular weight is 325 g/mol. The van der Waals surface area contributed by atoms with Gasteiger partial charge < -0.3 is 10.3 Å². The lowest BCUT2D eigenvalue weighted by molar-refractivity contribution is 0.0909. The van der Waals surface area contributed by atoms with Gasteiger partial charge in [0.15, 0.2) is 5.78 Å². The molecule has 2 aromatic heterocycles. The van der Waals surface area contributed by atoms with E-state index in [0.717, 1.165) is 28.8 Å². The average Bonchev–Trinajstić information content (AvgIpc) is 2.81. The Labute approximate surface area is 141 Å². The molecule has 2 N–H and O–H groups in total. The van der Waals surface area contributed by atoms with Crippen LogP contribution in [0.15, 0.2) is 18.5 Å². The van der Waals surface area contributed by atoms with E-state index in [4.69, 9.17) is 0 Å². The molecule has 1 amide bonds. The number of H-pyrrole nitrogens is 1. The number of aromatic nitrogens is 2. The van der Waals surface area contributed by atoms with Crippen LogP contribution < -0.4 is 5.32 Å². The molecule has 3 rings (SSSR count). The molecule has 1 aliphatic carbocycles. The minimum Gasteiger partial charge on any atom is -0.354 e. The van der Waals surface area contributed by atoms with Crippen LogP contribution in [-0.2, 0) is 13.0 Å². The Morgan fingerprint density at radius 3 is 2.79 bits per heavy atom. The van der Waals surface area contributed by atoms with E-state index in [1.807, 2.05) is 19.9 Å². The highest BCUT2D eigenvalue weighted by molar-refractivity contribution is 6.04. The molecule has 0 aliphatic heterocycles. The van der Waals surface area contributed by atoms with Crippen LogP contribution in [0.3, 0.4) is 0 Å². The van der Waals surface area contributed by atoms with E-state index < -0.39 is 0 Å². The largest absolute Gasteiger partial charge is 0.354 e. The Hall–Kier alpha value is -2.43. The maximum atomic E-state index is 12.6. The molecular weight excluding hydrogens is 302 g/mol. The predicted molar refractivity (Wildman–Crippen MR) is 92.1 cm³/mol. The molecule has 5 nitrogen and oxygen atoms in total. The first-order chi connectivity index (χ1) is 11.3. The fraction of sp³-hybridized carbons (Fsp3) is 0.421. The summed E-state index contributed by atoms with van der Waals surface area (Å²) in [6.45, 7) is 8.41. The van der Waals surface area contributed by atoms with Crippen LogP contribution in [0.4, 0.5) is 0 Å². The Morgan fingerprint density at radius 1 is 1.33 bits per heavy atom. The van der Waals surface area contributed by atoms with E-state index in [1.165, 1.54) is 0 Å². The van der Waals surface area contributed by atoms with Gasteiger partial charge in [0, 0.05) is 36.6 Å². The quantitative estimate of drug-likeness (QED) is 0.910. The number of rotatable bonds is 3. The summed E-state index contributed by atoms with van der Waals surface area (Å²) in [6.07, 6.45) is 4.80. The van der Waals surface area contributed by atoms with Crippen molar-refractivity contribution in [1.82, 2.24) is 15.3 Å². The monoisotopic (exact) mass is 325 g/mol. The van der Waals surface area contributed by atoms with Gasteiger partial charge >= 0.3 is 0 Å². The third-order valence-corrected chi connectivity index (χ3v) is 4.70. The first kappa shape index (κ1) is 16.4. The molecule has 0 aromatic carbocycles. The molecule has 5 heteroatoms. The maximum Gasteiger partial charge on any atom is 0.268 e. The van der Waals surface area contributed by atoms with Crippen molar-refractivity contribution < 1.29 is 9.59 Å². The maximum absolute atomic E-state index is 12.6. The second-order valence-electron chi connectivity index (χ2n) is 7.40. The van der Waals surface area contributed by atoms with Gasteiger partial charge in [-0.1, -0.05) is 13.8 Å². The Balaban J connectivity index is 1.82. The lowest BCUT2D eigenvalue weighted by Gasteiger charge is -2.28. The van der Waals surface area contributed by atoms with E-state index in [0.29, 0.717) is 24.2 Å². The summed E-state index contributed by atoms with van der Waals surface area (Å²) in [5.41, 5.74) is 4.86. The standard InChI is InChI=1S/C19H23N3O2/c1-11-9-20-6-5-13(11)10-21-18(24)17-12(2)16-14(22-17)7-19(3,4)8-15(16)23/h5-6,9,22H,7-8,10H2,1-4H3,(H,21,24). The topological polar surface area (TPSA) is 74.8 Å². The van der Waals surface area contributed by atoms with Crippen molar-refractivity contribution in [3.8, 4) is 0 Å². The first-order valence-corrected chi connectivity index (χ1v) is 8.21. The number of hydrogen-bond acceptors (Lipinski definition) is 3. The zero-order chi connectivity index (χ0) is 17.5. The van der Waals surface area contributed by atoms with E-state index in [-0.39, 0.29) is 17.1 Å². The summed E-state index contributed by atoms with van der Waals surface area (Å²) in [6, 6.07) is 1.90. The second kappa shape index (κ2) is 5.89. The Bertz CT molecular complexity index is 818. The van der Waals surface area contributed by atoms with Crippen molar-refractivity contribution in [1.29, 1.82) is 0 Å². The SMILES string of the molecule is Cc1cnccc1CNC(=O)c1[nH]c2c(c1C)C(=O)CC(C)(C)C2. The summed E-state index contributed by atoms with van der Waals surface area (Å²) < 4.78 is 0. The van der Waals surface area contributed by atoms with Gasteiger partial charge in [0.1, 0.15) is 5.69 Å². The fourth-order valence-corrected chi connectivity index (χ4v) is 3.42. The van der Waals surface area contributed by atoms with Crippen molar-refractivity contribution in [2.24, 2.45) is 5.41 Å². The van der Waals surface area contributed by atoms with Gasteiger partial charge in [-0.3, -0.25) is 14.6 Å². The normalized spacial score (nSPS) is 15.9. The number of aromatic amines is 1. The number of hydrogen-bond donors (Lipinski definition) is 2. The predicted octanol–water partition coefficient (Wildman–Crippen LogP) is 3.11. The van der Waals surface area contributed by atoms with E-state index in [2.05, 4.69) is 29.1 Å². The molecule has 0 atom stereocenters. The van der Waals surface area contributed by atoms with Crippen LogP contribution in [0, 0.1) is 19.3 Å². The molecule has 0 bridgehead atoms. The van der Waals surface area contributed by atoms with Gasteiger partial charge in [0.25, 0.3) is 5.91 Å². The summed E-state index contributed by atoms with van der Waals surface area (Å²) in [5.74, 6) is -0.0530. The molecule has 2 aromatic rings. The van der Waals surface area contributed by atoms with Crippen molar-refractivity contribution in [3.63, 3.8) is 0 Å². The number of Topliss-reactive ketones (excluding diaryl/α,β-unsaturated/α-hetero) is 1. The summed E-state index contributed by atoms with van der Waals surface area (Å²) in [5, 5.41) is 2.93. The van der Waals surface area contributed by atoms with Crippen molar-refractivity contribution in [2.45, 2.75) is 47.1 Å².